The fourth-order valence-corrected chi connectivity index (χ4v) is 3.95. The van der Waals surface area contributed by atoms with E-state index in [-0.39, 0.29) is 11.9 Å². The van der Waals surface area contributed by atoms with Crippen LogP contribution in [0.4, 0.5) is 0 Å². The molecule has 0 bridgehead atoms. The van der Waals surface area contributed by atoms with E-state index >= 15 is 0 Å². The van der Waals surface area contributed by atoms with Gasteiger partial charge in [-0.05, 0) is 57.0 Å². The normalized spacial score (nSPS) is 16.9. The van der Waals surface area contributed by atoms with Crippen LogP contribution in [0.1, 0.15) is 46.5 Å². The first-order chi connectivity index (χ1) is 13.6. The predicted molar refractivity (Wildman–Crippen MR) is 108 cm³/mol. The Morgan fingerprint density at radius 1 is 1.00 bits per heavy atom. The summed E-state index contributed by atoms with van der Waals surface area (Å²) in [6.45, 7) is 4.62. The van der Waals surface area contributed by atoms with Crippen LogP contribution in [-0.2, 0) is 0 Å². The number of likely N-dealkylation sites (tertiary alicyclic amines) is 1. The number of nitrogens with zero attached hydrogens (tertiary/aromatic N) is 4. The third kappa shape index (κ3) is 2.72. The quantitative estimate of drug-likeness (QED) is 0.576. The lowest BCUT2D eigenvalue weighted by atomic mass is 10.1. The molecule has 28 heavy (non-hydrogen) atoms. The molecule has 0 spiro atoms. The fourth-order valence-electron chi connectivity index (χ4n) is 3.95. The Morgan fingerprint density at radius 2 is 1.79 bits per heavy atom. The topological polar surface area (TPSA) is 74.8 Å². The van der Waals surface area contributed by atoms with Crippen molar-refractivity contribution in [1.82, 2.24) is 24.8 Å². The molecular formula is C22H21N5O. The smallest absolute Gasteiger partial charge is 0.254 e. The molecule has 6 heteroatoms. The van der Waals surface area contributed by atoms with Crippen molar-refractivity contribution in [3.05, 3.63) is 65.2 Å². The standard InChI is InChI=1S/C22H21N5O/c1-13-14(2)24-19-12-15(9-10-18(19)23-13)22(28)27-11-5-8-20(27)21-25-16-6-3-4-7-17(16)26-21/h3-4,6-7,9-10,12,20H,5,8,11H2,1-2H3,(H,25,26)/t20-/m1/s1. The van der Waals surface area contributed by atoms with Crippen LogP contribution in [0.3, 0.4) is 0 Å². The van der Waals surface area contributed by atoms with Crippen molar-refractivity contribution in [1.29, 1.82) is 0 Å². The molecule has 4 aromatic rings. The SMILES string of the molecule is Cc1nc2ccc(C(=O)N3CCC[C@@H]3c3nc4ccccc4[nH]3)cc2nc1C. The Labute approximate surface area is 162 Å². The average molecular weight is 371 g/mol. The molecule has 5 rings (SSSR count). The number of carbonyl (C=O) groups excluding carboxylic acids is 1. The molecule has 3 heterocycles. The molecule has 1 fully saturated rings. The molecule has 1 N–H and O–H groups in total. The highest BCUT2D eigenvalue weighted by Gasteiger charge is 2.32. The molecule has 6 nitrogen and oxygen atoms in total. The number of rotatable bonds is 2. The van der Waals surface area contributed by atoms with Crippen LogP contribution in [0.2, 0.25) is 0 Å². The van der Waals surface area contributed by atoms with E-state index in [1.807, 2.05) is 61.2 Å². The van der Waals surface area contributed by atoms with E-state index in [2.05, 4.69) is 15.0 Å². The van der Waals surface area contributed by atoms with Gasteiger partial charge in [0, 0.05) is 12.1 Å². The molecule has 2 aromatic carbocycles. The van der Waals surface area contributed by atoms with Gasteiger partial charge in [-0.3, -0.25) is 4.79 Å². The number of H-pyrrole nitrogens is 1. The molecule has 0 aliphatic carbocycles. The Kier molecular flexibility index (Phi) is 3.86. The number of aromatic amines is 1. The maximum atomic E-state index is 13.3. The highest BCUT2D eigenvalue weighted by atomic mass is 16.2. The van der Waals surface area contributed by atoms with Crippen LogP contribution in [0.5, 0.6) is 0 Å². The second-order valence-corrected chi connectivity index (χ2v) is 7.39. The summed E-state index contributed by atoms with van der Waals surface area (Å²) in [7, 11) is 0. The zero-order chi connectivity index (χ0) is 19.3. The second kappa shape index (κ2) is 6.41. The molecule has 1 amide bonds. The van der Waals surface area contributed by atoms with Gasteiger partial charge in [0.15, 0.2) is 0 Å². The van der Waals surface area contributed by atoms with Crippen LogP contribution >= 0.6 is 0 Å². The van der Waals surface area contributed by atoms with Crippen LogP contribution < -0.4 is 0 Å². The summed E-state index contributed by atoms with van der Waals surface area (Å²) < 4.78 is 0. The molecule has 0 saturated carbocycles. The number of nitrogens with one attached hydrogen (secondary N) is 1. The molecule has 1 aliphatic heterocycles. The summed E-state index contributed by atoms with van der Waals surface area (Å²) >= 11 is 0. The molecule has 1 saturated heterocycles. The minimum Gasteiger partial charge on any atom is -0.340 e. The Balaban J connectivity index is 1.49. The van der Waals surface area contributed by atoms with Crippen molar-refractivity contribution < 1.29 is 4.79 Å². The van der Waals surface area contributed by atoms with E-state index in [0.717, 1.165) is 58.7 Å². The van der Waals surface area contributed by atoms with Crippen LogP contribution in [0.15, 0.2) is 42.5 Å². The Bertz CT molecular complexity index is 1180. The lowest BCUT2D eigenvalue weighted by molar-refractivity contribution is 0.0730. The van der Waals surface area contributed by atoms with Gasteiger partial charge < -0.3 is 9.88 Å². The van der Waals surface area contributed by atoms with Crippen LogP contribution in [0.25, 0.3) is 22.1 Å². The van der Waals surface area contributed by atoms with Crippen molar-refractivity contribution in [2.75, 3.05) is 6.54 Å². The summed E-state index contributed by atoms with van der Waals surface area (Å²) in [6, 6.07) is 13.5. The largest absolute Gasteiger partial charge is 0.340 e. The minimum absolute atomic E-state index is 0.0184. The van der Waals surface area contributed by atoms with E-state index in [4.69, 9.17) is 4.98 Å². The molecule has 1 atom stereocenters. The third-order valence-electron chi connectivity index (χ3n) is 5.56. The zero-order valence-electron chi connectivity index (χ0n) is 15.9. The van der Waals surface area contributed by atoms with Crippen molar-refractivity contribution in [3.8, 4) is 0 Å². The van der Waals surface area contributed by atoms with Gasteiger partial charge in [-0.1, -0.05) is 12.1 Å². The Morgan fingerprint density at radius 3 is 2.61 bits per heavy atom. The maximum Gasteiger partial charge on any atom is 0.254 e. The summed E-state index contributed by atoms with van der Waals surface area (Å²) in [4.78, 5) is 32.5. The number of benzene rings is 2. The monoisotopic (exact) mass is 371 g/mol. The summed E-state index contributed by atoms with van der Waals surface area (Å²) in [5, 5.41) is 0. The van der Waals surface area contributed by atoms with E-state index in [1.54, 1.807) is 0 Å². The number of fused-ring (bicyclic) bond motifs is 2. The summed E-state index contributed by atoms with van der Waals surface area (Å²) in [6.07, 6.45) is 1.89. The third-order valence-corrected chi connectivity index (χ3v) is 5.56. The average Bonchev–Trinajstić information content (AvgIpc) is 3.34. The Hall–Kier alpha value is -3.28. The number of amides is 1. The first kappa shape index (κ1) is 16.9. The van der Waals surface area contributed by atoms with Crippen molar-refractivity contribution in [2.45, 2.75) is 32.7 Å². The van der Waals surface area contributed by atoms with E-state index in [0.29, 0.717) is 5.56 Å². The predicted octanol–water partition coefficient (Wildman–Crippen LogP) is 4.10. The summed E-state index contributed by atoms with van der Waals surface area (Å²) in [5.74, 6) is 0.879. The minimum atomic E-state index is -0.0264. The van der Waals surface area contributed by atoms with Crippen LogP contribution in [0, 0.1) is 13.8 Å². The first-order valence-electron chi connectivity index (χ1n) is 9.61. The fraction of sp³-hybridized carbons (Fsp3) is 0.273. The van der Waals surface area contributed by atoms with Gasteiger partial charge in [0.2, 0.25) is 0 Å². The van der Waals surface area contributed by atoms with Crippen LogP contribution in [-0.4, -0.2) is 37.3 Å². The number of aryl methyl sites for hydroxylation is 2. The van der Waals surface area contributed by atoms with E-state index in [1.165, 1.54) is 0 Å². The highest BCUT2D eigenvalue weighted by Crippen LogP contribution is 2.33. The molecule has 1 aliphatic rings. The van der Waals surface area contributed by atoms with Crippen molar-refractivity contribution >= 4 is 28.0 Å². The lowest BCUT2D eigenvalue weighted by Gasteiger charge is -2.23. The number of para-hydroxylation sites is 2. The molecule has 140 valence electrons. The van der Waals surface area contributed by atoms with Gasteiger partial charge >= 0.3 is 0 Å². The summed E-state index contributed by atoms with van der Waals surface area (Å²) in [5.41, 5.74) is 5.96. The lowest BCUT2D eigenvalue weighted by Crippen LogP contribution is -2.31. The van der Waals surface area contributed by atoms with Gasteiger partial charge in [0.1, 0.15) is 5.82 Å². The second-order valence-electron chi connectivity index (χ2n) is 7.39. The zero-order valence-corrected chi connectivity index (χ0v) is 15.9. The van der Waals surface area contributed by atoms with E-state index in [9.17, 15) is 4.79 Å². The van der Waals surface area contributed by atoms with Gasteiger partial charge in [-0.25, -0.2) is 15.0 Å². The van der Waals surface area contributed by atoms with Gasteiger partial charge in [-0.2, -0.15) is 0 Å². The van der Waals surface area contributed by atoms with Gasteiger partial charge in [0.05, 0.1) is 39.5 Å². The highest BCUT2D eigenvalue weighted by molar-refractivity contribution is 5.97. The maximum absolute atomic E-state index is 13.3. The van der Waals surface area contributed by atoms with Gasteiger partial charge in [0.25, 0.3) is 5.91 Å². The molecule has 0 unspecified atom stereocenters. The van der Waals surface area contributed by atoms with Crippen molar-refractivity contribution in [2.24, 2.45) is 0 Å². The number of imidazole rings is 1. The molecular weight excluding hydrogens is 350 g/mol. The van der Waals surface area contributed by atoms with Gasteiger partial charge in [-0.15, -0.1) is 0 Å². The van der Waals surface area contributed by atoms with E-state index < -0.39 is 0 Å². The molecule has 2 aromatic heterocycles. The number of carbonyl (C=O) groups is 1. The number of hydrogen-bond acceptors (Lipinski definition) is 4. The number of hydrogen-bond donors (Lipinski definition) is 1. The first-order valence-corrected chi connectivity index (χ1v) is 9.61. The molecule has 0 radical (unpaired) electrons. The van der Waals surface area contributed by atoms with Crippen molar-refractivity contribution in [3.63, 3.8) is 0 Å². The number of aromatic nitrogens is 4.